The third-order valence-electron chi connectivity index (χ3n) is 3.44. The van der Waals surface area contributed by atoms with Gasteiger partial charge in [-0.1, -0.05) is 18.7 Å². The van der Waals surface area contributed by atoms with E-state index in [1.54, 1.807) is 26.0 Å². The first kappa shape index (κ1) is 14.9. The van der Waals surface area contributed by atoms with Gasteiger partial charge in [0.15, 0.2) is 0 Å². The van der Waals surface area contributed by atoms with Gasteiger partial charge >= 0.3 is 0 Å². The molecule has 2 rings (SSSR count). The van der Waals surface area contributed by atoms with Crippen LogP contribution in [0.25, 0.3) is 12.2 Å². The average molecular weight is 287 g/mol. The zero-order chi connectivity index (χ0) is 15.6. The second-order valence-electron chi connectivity index (χ2n) is 4.79. The molecule has 1 saturated heterocycles. The molecule has 0 aromatic carbocycles. The van der Waals surface area contributed by atoms with Crippen molar-refractivity contribution >= 4 is 24.0 Å². The summed E-state index contributed by atoms with van der Waals surface area (Å²) in [5.41, 5.74) is -0.301. The molecular weight excluding hydrogens is 270 g/mol. The molecule has 6 heteroatoms. The summed E-state index contributed by atoms with van der Waals surface area (Å²) < 4.78 is 1.35. The van der Waals surface area contributed by atoms with Gasteiger partial charge in [-0.25, -0.2) is 4.98 Å². The van der Waals surface area contributed by atoms with Crippen molar-refractivity contribution in [2.24, 2.45) is 0 Å². The highest BCUT2D eigenvalue weighted by atomic mass is 16.2. The Hall–Kier alpha value is -2.50. The predicted molar refractivity (Wildman–Crippen MR) is 78.7 cm³/mol. The van der Waals surface area contributed by atoms with Gasteiger partial charge in [0.25, 0.3) is 5.56 Å². The van der Waals surface area contributed by atoms with Crippen LogP contribution in [0.15, 0.2) is 17.4 Å². The van der Waals surface area contributed by atoms with Crippen molar-refractivity contribution in [2.75, 3.05) is 0 Å². The molecule has 2 amide bonds. The molecule has 2 heterocycles. The Balaban J connectivity index is 2.71. The molecule has 21 heavy (non-hydrogen) atoms. The quantitative estimate of drug-likeness (QED) is 0.729. The van der Waals surface area contributed by atoms with E-state index in [2.05, 4.69) is 16.9 Å². The van der Waals surface area contributed by atoms with E-state index in [-0.39, 0.29) is 17.9 Å². The molecule has 6 nitrogen and oxygen atoms in total. The number of aryl methyl sites for hydroxylation is 1. The van der Waals surface area contributed by atoms with Crippen molar-refractivity contribution in [3.8, 4) is 0 Å². The maximum absolute atomic E-state index is 12.6. The fourth-order valence-electron chi connectivity index (χ4n) is 2.46. The van der Waals surface area contributed by atoms with Crippen molar-refractivity contribution in [2.45, 2.75) is 32.7 Å². The van der Waals surface area contributed by atoms with Crippen LogP contribution in [-0.2, 0) is 9.59 Å². The van der Waals surface area contributed by atoms with Crippen LogP contribution in [0.1, 0.15) is 31.6 Å². The normalized spacial score (nSPS) is 20.6. The monoisotopic (exact) mass is 287 g/mol. The molecule has 1 atom stereocenters. The molecule has 1 aliphatic rings. The minimum atomic E-state index is -0.703. The van der Waals surface area contributed by atoms with Crippen LogP contribution >= 0.6 is 0 Å². The van der Waals surface area contributed by atoms with E-state index in [0.717, 1.165) is 0 Å². The van der Waals surface area contributed by atoms with Gasteiger partial charge in [-0.2, -0.15) is 0 Å². The third kappa shape index (κ3) is 2.69. The van der Waals surface area contributed by atoms with Crippen molar-refractivity contribution in [3.05, 3.63) is 39.4 Å². The number of hydrogen-bond acceptors (Lipinski definition) is 4. The van der Waals surface area contributed by atoms with Gasteiger partial charge < -0.3 is 0 Å². The standard InChI is InChI=1S/C15H17N3O3/c1-4-6-10-11(5-2)16-9(3)18(15(10)21)12-7-8-13(19)17-14(12)20/h4-6,12H,1,7-8H2,2-3H3,(H,17,19,20)/b10-6+,11-5+. The van der Waals surface area contributed by atoms with E-state index in [9.17, 15) is 14.4 Å². The van der Waals surface area contributed by atoms with Crippen molar-refractivity contribution in [3.63, 3.8) is 0 Å². The summed E-state index contributed by atoms with van der Waals surface area (Å²) in [6.45, 7) is 7.06. The third-order valence-corrected chi connectivity index (χ3v) is 3.44. The summed E-state index contributed by atoms with van der Waals surface area (Å²) >= 11 is 0. The first-order valence-electron chi connectivity index (χ1n) is 6.71. The fraction of sp³-hybridized carbons (Fsp3) is 0.333. The van der Waals surface area contributed by atoms with Crippen molar-refractivity contribution < 1.29 is 9.59 Å². The summed E-state index contributed by atoms with van der Waals surface area (Å²) in [5.74, 6) is -0.328. The molecule has 1 aromatic rings. The Kier molecular flexibility index (Phi) is 4.16. The molecule has 0 bridgehead atoms. The highest BCUT2D eigenvalue weighted by Crippen LogP contribution is 2.16. The number of allylic oxidation sites excluding steroid dienone is 1. The number of amides is 2. The van der Waals surface area contributed by atoms with Crippen LogP contribution in [0.3, 0.4) is 0 Å². The second kappa shape index (κ2) is 5.87. The molecule has 0 aliphatic carbocycles. The Morgan fingerprint density at radius 2 is 2.10 bits per heavy atom. The first-order valence-corrected chi connectivity index (χ1v) is 6.71. The van der Waals surface area contributed by atoms with E-state index in [1.807, 2.05) is 0 Å². The van der Waals surface area contributed by atoms with Gasteiger partial charge in [0.05, 0.1) is 10.6 Å². The van der Waals surface area contributed by atoms with Crippen LogP contribution in [-0.4, -0.2) is 21.4 Å². The molecule has 0 radical (unpaired) electrons. The zero-order valence-electron chi connectivity index (χ0n) is 12.0. The van der Waals surface area contributed by atoms with E-state index < -0.39 is 11.9 Å². The number of rotatable bonds is 2. The summed E-state index contributed by atoms with van der Waals surface area (Å²) in [5, 5.41) is 3.21. The van der Waals surface area contributed by atoms with Crippen LogP contribution < -0.4 is 21.4 Å². The minimum Gasteiger partial charge on any atom is -0.295 e. The SMILES string of the molecule is C=C/C=c1/c(=O)n(C2CCC(=O)NC2=O)c(C)n/c1=C/C. The van der Waals surface area contributed by atoms with E-state index in [0.29, 0.717) is 22.8 Å². The summed E-state index contributed by atoms with van der Waals surface area (Å²) in [4.78, 5) is 40.2. The lowest BCUT2D eigenvalue weighted by Crippen LogP contribution is -2.52. The molecule has 1 N–H and O–H groups in total. The number of piperidine rings is 1. The lowest BCUT2D eigenvalue weighted by Gasteiger charge is -2.24. The molecule has 1 aliphatic heterocycles. The largest absolute Gasteiger partial charge is 0.295 e. The summed E-state index contributed by atoms with van der Waals surface area (Å²) in [7, 11) is 0. The molecule has 0 spiro atoms. The Labute approximate surface area is 121 Å². The molecule has 1 fully saturated rings. The molecule has 110 valence electrons. The highest BCUT2D eigenvalue weighted by molar-refractivity contribution is 5.99. The van der Waals surface area contributed by atoms with Crippen LogP contribution in [0.5, 0.6) is 0 Å². The van der Waals surface area contributed by atoms with Crippen LogP contribution in [0, 0.1) is 6.92 Å². The molecule has 1 aromatic heterocycles. The van der Waals surface area contributed by atoms with Crippen molar-refractivity contribution in [1.29, 1.82) is 0 Å². The van der Waals surface area contributed by atoms with Crippen molar-refractivity contribution in [1.82, 2.24) is 14.9 Å². The lowest BCUT2D eigenvalue weighted by molar-refractivity contribution is -0.135. The lowest BCUT2D eigenvalue weighted by atomic mass is 10.1. The number of imide groups is 1. The number of carbonyl (C=O) groups excluding carboxylic acids is 2. The number of aromatic nitrogens is 2. The number of carbonyl (C=O) groups is 2. The zero-order valence-corrected chi connectivity index (χ0v) is 12.0. The Morgan fingerprint density at radius 3 is 2.67 bits per heavy atom. The number of hydrogen-bond donors (Lipinski definition) is 1. The fourth-order valence-corrected chi connectivity index (χ4v) is 2.46. The topological polar surface area (TPSA) is 81.1 Å². The van der Waals surface area contributed by atoms with Gasteiger partial charge in [0, 0.05) is 6.42 Å². The van der Waals surface area contributed by atoms with Gasteiger partial charge in [-0.15, -0.1) is 0 Å². The van der Waals surface area contributed by atoms with Gasteiger partial charge in [-0.3, -0.25) is 24.3 Å². The summed E-state index contributed by atoms with van der Waals surface area (Å²) in [6.07, 6.45) is 5.33. The maximum atomic E-state index is 12.6. The number of nitrogens with one attached hydrogen (secondary N) is 1. The molecule has 1 unspecified atom stereocenters. The van der Waals surface area contributed by atoms with E-state index in [4.69, 9.17) is 0 Å². The summed E-state index contributed by atoms with van der Waals surface area (Å²) in [6, 6.07) is -0.703. The smallest absolute Gasteiger partial charge is 0.262 e. The molecular formula is C15H17N3O3. The molecule has 0 saturated carbocycles. The van der Waals surface area contributed by atoms with Gasteiger partial charge in [-0.05, 0) is 26.3 Å². The number of nitrogens with zero attached hydrogens (tertiary/aromatic N) is 2. The highest BCUT2D eigenvalue weighted by Gasteiger charge is 2.30. The van der Waals surface area contributed by atoms with Gasteiger partial charge in [0.1, 0.15) is 11.9 Å². The van der Waals surface area contributed by atoms with Gasteiger partial charge in [0.2, 0.25) is 11.8 Å². The van der Waals surface area contributed by atoms with Crippen LogP contribution in [0.2, 0.25) is 0 Å². The minimum absolute atomic E-state index is 0.213. The first-order chi connectivity index (χ1) is 9.99. The van der Waals surface area contributed by atoms with E-state index >= 15 is 0 Å². The van der Waals surface area contributed by atoms with E-state index in [1.165, 1.54) is 10.6 Å². The van der Waals surface area contributed by atoms with Crippen LogP contribution in [0.4, 0.5) is 0 Å². The maximum Gasteiger partial charge on any atom is 0.262 e. The average Bonchev–Trinajstić information content (AvgIpc) is 2.44. The Morgan fingerprint density at radius 1 is 1.38 bits per heavy atom. The Bertz CT molecular complexity index is 790. The second-order valence-corrected chi connectivity index (χ2v) is 4.79. The predicted octanol–water partition coefficient (Wildman–Crippen LogP) is -0.704.